The lowest BCUT2D eigenvalue weighted by atomic mass is 10.2. The third-order valence-electron chi connectivity index (χ3n) is 3.29. The van der Waals surface area contributed by atoms with E-state index in [4.69, 9.17) is 16.3 Å². The first-order valence-electron chi connectivity index (χ1n) is 6.62. The summed E-state index contributed by atoms with van der Waals surface area (Å²) in [6, 6.07) is 6.38. The van der Waals surface area contributed by atoms with Crippen molar-refractivity contribution in [2.45, 2.75) is 19.5 Å². The van der Waals surface area contributed by atoms with Crippen molar-refractivity contribution in [3.8, 4) is 0 Å². The smallest absolute Gasteiger partial charge is 0.0594 e. The van der Waals surface area contributed by atoms with Crippen LogP contribution in [0.25, 0.3) is 0 Å². The second-order valence-corrected chi connectivity index (χ2v) is 6.22. The summed E-state index contributed by atoms with van der Waals surface area (Å²) < 4.78 is 6.42. The van der Waals surface area contributed by atoms with Gasteiger partial charge in [-0.2, -0.15) is 0 Å². The minimum Gasteiger partial charge on any atom is -0.379 e. The molecule has 1 unspecified atom stereocenters. The molecule has 0 aliphatic carbocycles. The van der Waals surface area contributed by atoms with Gasteiger partial charge < -0.3 is 10.1 Å². The molecule has 1 aromatic carbocycles. The third kappa shape index (κ3) is 5.04. The lowest BCUT2D eigenvalue weighted by Gasteiger charge is -2.29. The predicted molar refractivity (Wildman–Crippen MR) is 82.7 cm³/mol. The average molecular weight is 348 g/mol. The van der Waals surface area contributed by atoms with Crippen LogP contribution in [0.5, 0.6) is 0 Å². The van der Waals surface area contributed by atoms with Crippen LogP contribution in [-0.4, -0.2) is 43.8 Å². The van der Waals surface area contributed by atoms with Crippen LogP contribution in [-0.2, 0) is 11.3 Å². The van der Waals surface area contributed by atoms with Gasteiger partial charge in [-0.3, -0.25) is 4.90 Å². The van der Waals surface area contributed by atoms with Gasteiger partial charge in [0.2, 0.25) is 0 Å². The summed E-state index contributed by atoms with van der Waals surface area (Å²) in [4.78, 5) is 2.44. The summed E-state index contributed by atoms with van der Waals surface area (Å²) in [6.45, 7) is 7.93. The summed E-state index contributed by atoms with van der Waals surface area (Å²) in [6.07, 6.45) is 0. The van der Waals surface area contributed by atoms with Crippen LogP contribution >= 0.6 is 27.5 Å². The van der Waals surface area contributed by atoms with Crippen molar-refractivity contribution >= 4 is 27.5 Å². The molecule has 1 N–H and O–H groups in total. The molecule has 0 amide bonds. The van der Waals surface area contributed by atoms with E-state index in [9.17, 15) is 0 Å². The Morgan fingerprint density at radius 2 is 2.16 bits per heavy atom. The molecular weight excluding hydrogens is 328 g/mol. The van der Waals surface area contributed by atoms with Crippen LogP contribution in [0.15, 0.2) is 22.7 Å². The Morgan fingerprint density at radius 3 is 2.84 bits per heavy atom. The van der Waals surface area contributed by atoms with Gasteiger partial charge in [0.25, 0.3) is 0 Å². The van der Waals surface area contributed by atoms with Crippen LogP contribution in [0, 0.1) is 0 Å². The highest BCUT2D eigenvalue weighted by molar-refractivity contribution is 9.10. The first-order chi connectivity index (χ1) is 9.15. The lowest BCUT2D eigenvalue weighted by molar-refractivity contribution is 0.0343. The SMILES string of the molecule is CC(CN1CCOCC1)NCc1ccc(Cl)cc1Br. The fourth-order valence-electron chi connectivity index (χ4n) is 2.18. The summed E-state index contributed by atoms with van der Waals surface area (Å²) in [5, 5.41) is 4.31. The Hall–Kier alpha value is -0.130. The molecule has 1 aliphatic rings. The molecule has 0 spiro atoms. The molecule has 2 rings (SSSR count). The maximum atomic E-state index is 5.94. The van der Waals surface area contributed by atoms with Crippen molar-refractivity contribution in [2.24, 2.45) is 0 Å². The molecule has 0 aromatic heterocycles. The Kier molecular flexibility index (Phi) is 6.10. The highest BCUT2D eigenvalue weighted by atomic mass is 79.9. The van der Waals surface area contributed by atoms with Gasteiger partial charge in [-0.05, 0) is 24.6 Å². The van der Waals surface area contributed by atoms with Gasteiger partial charge in [0.15, 0.2) is 0 Å². The number of halogens is 2. The van der Waals surface area contributed by atoms with Crippen LogP contribution in [0.3, 0.4) is 0 Å². The molecule has 1 fully saturated rings. The predicted octanol–water partition coefficient (Wildman–Crippen LogP) is 2.91. The molecule has 1 aliphatic heterocycles. The Labute approximate surface area is 128 Å². The summed E-state index contributed by atoms with van der Waals surface area (Å²) >= 11 is 9.48. The van der Waals surface area contributed by atoms with E-state index in [-0.39, 0.29) is 0 Å². The molecule has 19 heavy (non-hydrogen) atoms. The van der Waals surface area contributed by atoms with E-state index in [1.165, 1.54) is 5.56 Å². The molecule has 0 radical (unpaired) electrons. The highest BCUT2D eigenvalue weighted by Crippen LogP contribution is 2.21. The number of rotatable bonds is 5. The Bertz CT molecular complexity index is 410. The van der Waals surface area contributed by atoms with Gasteiger partial charge in [0, 0.05) is 41.7 Å². The van der Waals surface area contributed by atoms with Crippen molar-refractivity contribution in [1.29, 1.82) is 0 Å². The zero-order valence-corrected chi connectivity index (χ0v) is 13.5. The second-order valence-electron chi connectivity index (χ2n) is 4.93. The van der Waals surface area contributed by atoms with Gasteiger partial charge >= 0.3 is 0 Å². The van der Waals surface area contributed by atoms with Gasteiger partial charge in [-0.1, -0.05) is 33.6 Å². The number of nitrogens with one attached hydrogen (secondary N) is 1. The quantitative estimate of drug-likeness (QED) is 0.886. The number of ether oxygens (including phenoxy) is 1. The van der Waals surface area contributed by atoms with Crippen molar-refractivity contribution < 1.29 is 4.74 Å². The summed E-state index contributed by atoms with van der Waals surface area (Å²) in [5.41, 5.74) is 1.23. The fraction of sp³-hybridized carbons (Fsp3) is 0.571. The molecular formula is C14H20BrClN2O. The van der Waals surface area contributed by atoms with Crippen LogP contribution in [0.1, 0.15) is 12.5 Å². The number of morpholine rings is 1. The average Bonchev–Trinajstić information content (AvgIpc) is 2.39. The third-order valence-corrected chi connectivity index (χ3v) is 4.27. The molecule has 1 heterocycles. The Balaban J connectivity index is 1.77. The van der Waals surface area contributed by atoms with Gasteiger partial charge in [-0.15, -0.1) is 0 Å². The van der Waals surface area contributed by atoms with E-state index in [0.717, 1.165) is 48.9 Å². The topological polar surface area (TPSA) is 24.5 Å². The van der Waals surface area contributed by atoms with Crippen molar-refractivity contribution in [2.75, 3.05) is 32.8 Å². The minimum atomic E-state index is 0.459. The lowest BCUT2D eigenvalue weighted by Crippen LogP contribution is -2.44. The molecule has 1 aromatic rings. The maximum absolute atomic E-state index is 5.94. The van der Waals surface area contributed by atoms with Crippen molar-refractivity contribution in [3.63, 3.8) is 0 Å². The fourth-order valence-corrected chi connectivity index (χ4v) is 3.01. The van der Waals surface area contributed by atoms with E-state index in [1.807, 2.05) is 12.1 Å². The first-order valence-corrected chi connectivity index (χ1v) is 7.79. The van der Waals surface area contributed by atoms with Crippen LogP contribution < -0.4 is 5.32 Å². The van der Waals surface area contributed by atoms with E-state index in [0.29, 0.717) is 6.04 Å². The zero-order chi connectivity index (χ0) is 13.7. The largest absolute Gasteiger partial charge is 0.379 e. The van der Waals surface area contributed by atoms with Gasteiger partial charge in [-0.25, -0.2) is 0 Å². The molecule has 106 valence electrons. The van der Waals surface area contributed by atoms with E-state index in [1.54, 1.807) is 0 Å². The summed E-state index contributed by atoms with van der Waals surface area (Å²) in [5.74, 6) is 0. The highest BCUT2D eigenvalue weighted by Gasteiger charge is 2.13. The molecule has 3 nitrogen and oxygen atoms in total. The zero-order valence-electron chi connectivity index (χ0n) is 11.2. The van der Waals surface area contributed by atoms with Gasteiger partial charge in [0.1, 0.15) is 0 Å². The first kappa shape index (κ1) is 15.3. The van der Waals surface area contributed by atoms with Crippen LogP contribution in [0.4, 0.5) is 0 Å². The number of hydrogen-bond donors (Lipinski definition) is 1. The second kappa shape index (κ2) is 7.60. The number of nitrogens with zero attached hydrogens (tertiary/aromatic N) is 1. The van der Waals surface area contributed by atoms with E-state index < -0.39 is 0 Å². The van der Waals surface area contributed by atoms with Crippen LogP contribution in [0.2, 0.25) is 5.02 Å². The van der Waals surface area contributed by atoms with Crippen molar-refractivity contribution in [1.82, 2.24) is 10.2 Å². The molecule has 1 saturated heterocycles. The maximum Gasteiger partial charge on any atom is 0.0594 e. The normalized spacial score (nSPS) is 18.5. The van der Waals surface area contributed by atoms with E-state index >= 15 is 0 Å². The van der Waals surface area contributed by atoms with Gasteiger partial charge in [0.05, 0.1) is 13.2 Å². The molecule has 0 bridgehead atoms. The van der Waals surface area contributed by atoms with E-state index in [2.05, 4.69) is 39.1 Å². The molecule has 5 heteroatoms. The number of benzene rings is 1. The molecule has 1 atom stereocenters. The standard InChI is InChI=1S/C14H20BrClN2O/c1-11(10-18-4-6-19-7-5-18)17-9-12-2-3-13(16)8-14(12)15/h2-3,8,11,17H,4-7,9-10H2,1H3. The molecule has 0 saturated carbocycles. The minimum absolute atomic E-state index is 0.459. The summed E-state index contributed by atoms with van der Waals surface area (Å²) in [7, 11) is 0. The monoisotopic (exact) mass is 346 g/mol. The van der Waals surface area contributed by atoms with Crippen molar-refractivity contribution in [3.05, 3.63) is 33.3 Å². The Morgan fingerprint density at radius 1 is 1.42 bits per heavy atom. The number of hydrogen-bond acceptors (Lipinski definition) is 3.